The summed E-state index contributed by atoms with van der Waals surface area (Å²) in [5, 5.41) is 8.27. The normalized spacial score (nSPS) is 15.6. The lowest BCUT2D eigenvalue weighted by Crippen LogP contribution is -2.06. The van der Waals surface area contributed by atoms with Gasteiger partial charge in [-0.15, -0.1) is 6.42 Å². The van der Waals surface area contributed by atoms with Gasteiger partial charge in [0.2, 0.25) is 0 Å². The molecule has 1 N–H and O–H groups in total. The maximum absolute atomic E-state index is 6.28. The van der Waals surface area contributed by atoms with E-state index >= 15 is 0 Å². The van der Waals surface area contributed by atoms with Crippen molar-refractivity contribution in [2.75, 3.05) is 0 Å². The summed E-state index contributed by atoms with van der Waals surface area (Å²) >= 11 is 0. The Morgan fingerprint density at radius 3 is 3.07 bits per heavy atom. The van der Waals surface area contributed by atoms with Crippen molar-refractivity contribution in [1.82, 2.24) is 20.2 Å². The molecule has 6 heteroatoms. The molecule has 132 valence electrons. The maximum atomic E-state index is 6.28. The second kappa shape index (κ2) is 5.99. The summed E-state index contributed by atoms with van der Waals surface area (Å²) < 4.78 is 11.7. The molecule has 0 spiro atoms. The van der Waals surface area contributed by atoms with Crippen LogP contribution >= 0.6 is 0 Å². The van der Waals surface area contributed by atoms with Crippen LogP contribution in [0.4, 0.5) is 0 Å². The molecule has 0 radical (unpaired) electrons. The molecule has 4 aromatic rings. The van der Waals surface area contributed by atoms with Crippen LogP contribution in [0, 0.1) is 19.3 Å². The highest BCUT2D eigenvalue weighted by Crippen LogP contribution is 2.37. The van der Waals surface area contributed by atoms with Gasteiger partial charge in [0.1, 0.15) is 17.5 Å². The molecular weight excluding hydrogens is 340 g/mol. The number of pyridine rings is 1. The second-order valence-corrected chi connectivity index (χ2v) is 6.60. The minimum Gasteiger partial charge on any atom is -0.484 e. The van der Waals surface area contributed by atoms with Crippen LogP contribution in [-0.4, -0.2) is 20.2 Å². The molecular formula is C21H16N4O2. The predicted octanol–water partition coefficient (Wildman–Crippen LogP) is 3.97. The van der Waals surface area contributed by atoms with E-state index in [4.69, 9.17) is 15.6 Å². The lowest BCUT2D eigenvalue weighted by atomic mass is 10.0. The van der Waals surface area contributed by atoms with Gasteiger partial charge in [0.15, 0.2) is 12.2 Å². The number of nitrogens with one attached hydrogen (secondary N) is 1. The number of hydrogen-bond acceptors (Lipinski definition) is 5. The fourth-order valence-electron chi connectivity index (χ4n) is 3.68. The van der Waals surface area contributed by atoms with Crippen molar-refractivity contribution in [2.24, 2.45) is 0 Å². The zero-order valence-electron chi connectivity index (χ0n) is 14.7. The average Bonchev–Trinajstić information content (AvgIpc) is 3.41. The maximum Gasteiger partial charge on any atom is 0.181 e. The molecule has 1 aliphatic rings. The third-order valence-corrected chi connectivity index (χ3v) is 5.09. The molecule has 6 nitrogen and oxygen atoms in total. The molecule has 0 bridgehead atoms. The topological polar surface area (TPSA) is 76.8 Å². The lowest BCUT2D eigenvalue weighted by molar-refractivity contribution is 0.203. The Kier molecular flexibility index (Phi) is 3.47. The fourth-order valence-corrected chi connectivity index (χ4v) is 3.68. The van der Waals surface area contributed by atoms with Crippen LogP contribution in [-0.2, 0) is 6.42 Å². The van der Waals surface area contributed by atoms with Crippen LogP contribution in [0.15, 0.2) is 41.4 Å². The van der Waals surface area contributed by atoms with E-state index in [0.717, 1.165) is 46.3 Å². The molecule has 3 heterocycles. The van der Waals surface area contributed by atoms with E-state index in [-0.39, 0.29) is 6.10 Å². The van der Waals surface area contributed by atoms with Crippen LogP contribution < -0.4 is 4.74 Å². The first kappa shape index (κ1) is 15.6. The minimum absolute atomic E-state index is 0.0800. The summed E-state index contributed by atoms with van der Waals surface area (Å²) in [7, 11) is 0. The number of aromatic nitrogens is 4. The molecule has 5 rings (SSSR count). The molecule has 1 aliphatic carbocycles. The summed E-state index contributed by atoms with van der Waals surface area (Å²) in [5.41, 5.74) is 5.80. The molecule has 1 atom stereocenters. The van der Waals surface area contributed by atoms with E-state index in [1.165, 1.54) is 12.0 Å². The third kappa shape index (κ3) is 2.48. The summed E-state index contributed by atoms with van der Waals surface area (Å²) in [4.78, 5) is 8.53. The first-order chi connectivity index (χ1) is 13.2. The van der Waals surface area contributed by atoms with Crippen molar-refractivity contribution in [3.8, 4) is 29.5 Å². The number of aromatic amines is 1. The molecule has 0 fully saturated rings. The minimum atomic E-state index is -0.0800. The summed E-state index contributed by atoms with van der Waals surface area (Å²) in [6.07, 6.45) is 12.1. The highest BCUT2D eigenvalue weighted by atomic mass is 16.5. The van der Waals surface area contributed by atoms with Crippen LogP contribution in [0.25, 0.3) is 22.4 Å². The van der Waals surface area contributed by atoms with E-state index in [0.29, 0.717) is 11.5 Å². The van der Waals surface area contributed by atoms with Gasteiger partial charge in [-0.3, -0.25) is 10.1 Å². The molecule has 3 aromatic heterocycles. The van der Waals surface area contributed by atoms with Gasteiger partial charge in [-0.2, -0.15) is 5.10 Å². The quantitative estimate of drug-likeness (QED) is 0.562. The number of oxazole rings is 1. The highest BCUT2D eigenvalue weighted by molar-refractivity contribution is 5.92. The SMILES string of the molecule is C#Cc1cnc2c(c1C)CC[C@H]2Oc1ccc2[nH]nc(-c3cnco3)c2c1. The Morgan fingerprint density at radius 1 is 1.33 bits per heavy atom. The van der Waals surface area contributed by atoms with Crippen molar-refractivity contribution >= 4 is 10.9 Å². The van der Waals surface area contributed by atoms with Crippen molar-refractivity contribution < 1.29 is 9.15 Å². The van der Waals surface area contributed by atoms with Gasteiger partial charge in [-0.1, -0.05) is 5.92 Å². The van der Waals surface area contributed by atoms with Crippen LogP contribution in [0.5, 0.6) is 5.75 Å². The number of fused-ring (bicyclic) bond motifs is 2. The van der Waals surface area contributed by atoms with E-state index in [2.05, 4.69) is 33.0 Å². The first-order valence-corrected chi connectivity index (χ1v) is 8.73. The lowest BCUT2D eigenvalue weighted by Gasteiger charge is -2.15. The number of terminal acetylenes is 1. The van der Waals surface area contributed by atoms with Crippen LogP contribution in [0.1, 0.15) is 34.9 Å². The summed E-state index contributed by atoms with van der Waals surface area (Å²) in [6, 6.07) is 5.86. The zero-order chi connectivity index (χ0) is 18.4. The van der Waals surface area contributed by atoms with E-state index in [1.807, 2.05) is 18.2 Å². The Hall–Kier alpha value is -3.59. The number of benzene rings is 1. The summed E-state index contributed by atoms with van der Waals surface area (Å²) in [6.45, 7) is 2.05. The zero-order valence-corrected chi connectivity index (χ0v) is 14.7. The monoisotopic (exact) mass is 356 g/mol. The predicted molar refractivity (Wildman–Crippen MR) is 100 cm³/mol. The van der Waals surface area contributed by atoms with E-state index in [9.17, 15) is 0 Å². The number of rotatable bonds is 3. The average molecular weight is 356 g/mol. The number of ether oxygens (including phenoxy) is 1. The Labute approximate surface area is 155 Å². The molecule has 0 saturated heterocycles. The Bertz CT molecular complexity index is 1190. The smallest absolute Gasteiger partial charge is 0.181 e. The van der Waals surface area contributed by atoms with E-state index in [1.54, 1.807) is 12.4 Å². The molecule has 0 aliphatic heterocycles. The van der Waals surface area contributed by atoms with Crippen molar-refractivity contribution in [1.29, 1.82) is 0 Å². The first-order valence-electron chi connectivity index (χ1n) is 8.73. The van der Waals surface area contributed by atoms with Gasteiger partial charge >= 0.3 is 0 Å². The highest BCUT2D eigenvalue weighted by Gasteiger charge is 2.28. The molecule has 27 heavy (non-hydrogen) atoms. The second-order valence-electron chi connectivity index (χ2n) is 6.60. The van der Waals surface area contributed by atoms with Crippen molar-refractivity contribution in [2.45, 2.75) is 25.9 Å². The summed E-state index contributed by atoms with van der Waals surface area (Å²) in [5.74, 6) is 4.08. The molecule has 0 amide bonds. The number of hydrogen-bond donors (Lipinski definition) is 1. The molecule has 0 saturated carbocycles. The Balaban J connectivity index is 1.49. The van der Waals surface area contributed by atoms with Crippen molar-refractivity contribution in [3.63, 3.8) is 0 Å². The Morgan fingerprint density at radius 2 is 2.26 bits per heavy atom. The van der Waals surface area contributed by atoms with Gasteiger partial charge in [0, 0.05) is 17.1 Å². The van der Waals surface area contributed by atoms with Crippen LogP contribution in [0.2, 0.25) is 0 Å². The van der Waals surface area contributed by atoms with Gasteiger partial charge in [0.05, 0.1) is 17.4 Å². The van der Waals surface area contributed by atoms with Crippen molar-refractivity contribution in [3.05, 3.63) is 59.4 Å². The van der Waals surface area contributed by atoms with Gasteiger partial charge < -0.3 is 9.15 Å². The fraction of sp³-hybridized carbons (Fsp3) is 0.190. The van der Waals surface area contributed by atoms with Crippen LogP contribution in [0.3, 0.4) is 0 Å². The standard InChI is InChI=1S/C21H16N4O2/c1-3-13-9-23-20-15(12(13)2)5-7-18(20)27-14-4-6-17-16(8-14)21(25-24-17)19-10-22-11-26-19/h1,4,6,8-11,18H,5,7H2,2H3,(H,24,25)/t18-/m1/s1. The van der Waals surface area contributed by atoms with Gasteiger partial charge in [-0.25, -0.2) is 4.98 Å². The number of nitrogens with zero attached hydrogens (tertiary/aromatic N) is 3. The number of H-pyrrole nitrogens is 1. The van der Waals surface area contributed by atoms with E-state index < -0.39 is 0 Å². The third-order valence-electron chi connectivity index (χ3n) is 5.09. The molecule has 0 unspecified atom stereocenters. The van der Waals surface area contributed by atoms with Gasteiger partial charge in [-0.05, 0) is 49.1 Å². The van der Waals surface area contributed by atoms with Gasteiger partial charge in [0.25, 0.3) is 0 Å². The largest absolute Gasteiger partial charge is 0.484 e. The molecule has 1 aromatic carbocycles.